The summed E-state index contributed by atoms with van der Waals surface area (Å²) in [5, 5.41) is 1.48. The average molecular weight is 381 g/mol. The summed E-state index contributed by atoms with van der Waals surface area (Å²) in [6, 6.07) is 8.05. The summed E-state index contributed by atoms with van der Waals surface area (Å²) in [7, 11) is 3.05. The summed E-state index contributed by atoms with van der Waals surface area (Å²) in [6.45, 7) is 2.16. The Labute approximate surface area is 158 Å². The molecule has 7 nitrogen and oxygen atoms in total. The van der Waals surface area contributed by atoms with Crippen LogP contribution >= 0.6 is 11.3 Å². The molecule has 0 fully saturated rings. The van der Waals surface area contributed by atoms with Crippen LogP contribution in [-0.2, 0) is 20.6 Å². The molecule has 138 valence electrons. The van der Waals surface area contributed by atoms with Crippen molar-refractivity contribution in [3.63, 3.8) is 0 Å². The van der Waals surface area contributed by atoms with Crippen LogP contribution in [0.4, 0.5) is 5.82 Å². The Hall–Kier alpha value is -2.97. The molecule has 4 rings (SSSR count). The summed E-state index contributed by atoms with van der Waals surface area (Å²) in [5.41, 5.74) is 13.9. The van der Waals surface area contributed by atoms with Gasteiger partial charge in [0.2, 0.25) is 0 Å². The highest BCUT2D eigenvalue weighted by atomic mass is 32.1. The molecule has 0 saturated carbocycles. The summed E-state index contributed by atoms with van der Waals surface area (Å²) in [4.78, 5) is 30.6. The van der Waals surface area contributed by atoms with E-state index in [4.69, 9.17) is 11.5 Å². The summed E-state index contributed by atoms with van der Waals surface area (Å²) in [6.07, 6.45) is 0. The first kappa shape index (κ1) is 17.4. The maximum absolute atomic E-state index is 13.0. The van der Waals surface area contributed by atoms with Crippen molar-refractivity contribution in [3.8, 4) is 10.4 Å². The molecule has 0 aliphatic heterocycles. The van der Waals surface area contributed by atoms with Crippen LogP contribution in [0.2, 0.25) is 0 Å². The lowest BCUT2D eigenvalue weighted by Crippen LogP contribution is -2.37. The number of benzene rings is 1. The van der Waals surface area contributed by atoms with Crippen molar-refractivity contribution in [2.24, 2.45) is 19.8 Å². The molecular weight excluding hydrogens is 362 g/mol. The third-order valence-corrected chi connectivity index (χ3v) is 6.29. The summed E-state index contributed by atoms with van der Waals surface area (Å²) >= 11 is 1.58. The minimum Gasteiger partial charge on any atom is -0.383 e. The van der Waals surface area contributed by atoms with Gasteiger partial charge in [0.15, 0.2) is 5.65 Å². The van der Waals surface area contributed by atoms with Gasteiger partial charge in [0.1, 0.15) is 5.82 Å². The Morgan fingerprint density at radius 2 is 1.85 bits per heavy atom. The van der Waals surface area contributed by atoms with Crippen LogP contribution in [0.5, 0.6) is 0 Å². The number of nitrogens with zero attached hydrogens (tertiary/aromatic N) is 3. The van der Waals surface area contributed by atoms with Gasteiger partial charge in [-0.05, 0) is 23.9 Å². The summed E-state index contributed by atoms with van der Waals surface area (Å²) < 4.78 is 3.55. The van der Waals surface area contributed by atoms with Gasteiger partial charge in [-0.25, -0.2) is 9.78 Å². The van der Waals surface area contributed by atoms with Crippen LogP contribution < -0.4 is 22.7 Å². The molecule has 0 aliphatic carbocycles. The number of pyridine rings is 1. The third kappa shape index (κ3) is 2.34. The van der Waals surface area contributed by atoms with Gasteiger partial charge in [0.05, 0.1) is 5.39 Å². The Balaban J connectivity index is 2.30. The third-order valence-electron chi connectivity index (χ3n) is 5.00. The Morgan fingerprint density at radius 3 is 2.52 bits per heavy atom. The van der Waals surface area contributed by atoms with E-state index in [2.05, 4.69) is 4.98 Å². The molecule has 8 heteroatoms. The number of rotatable bonds is 2. The van der Waals surface area contributed by atoms with E-state index in [1.165, 1.54) is 11.6 Å². The molecule has 0 atom stereocenters. The molecule has 0 spiro atoms. The number of hydrogen-bond acceptors (Lipinski definition) is 6. The topological polar surface area (TPSA) is 109 Å². The highest BCUT2D eigenvalue weighted by molar-refractivity contribution is 7.22. The molecule has 0 saturated heterocycles. The van der Waals surface area contributed by atoms with Crippen molar-refractivity contribution >= 4 is 38.3 Å². The predicted octanol–water partition coefficient (Wildman–Crippen LogP) is 1.86. The van der Waals surface area contributed by atoms with Crippen molar-refractivity contribution in [3.05, 3.63) is 56.2 Å². The highest BCUT2D eigenvalue weighted by Gasteiger charge is 2.23. The van der Waals surface area contributed by atoms with Crippen LogP contribution in [0.1, 0.15) is 11.1 Å². The lowest BCUT2D eigenvalue weighted by atomic mass is 9.99. The monoisotopic (exact) mass is 381 g/mol. The van der Waals surface area contributed by atoms with Crippen molar-refractivity contribution < 1.29 is 0 Å². The van der Waals surface area contributed by atoms with Gasteiger partial charge in [-0.15, -0.1) is 11.3 Å². The number of fused-ring (bicyclic) bond motifs is 2. The van der Waals surface area contributed by atoms with Gasteiger partial charge in [-0.3, -0.25) is 13.9 Å². The fourth-order valence-corrected chi connectivity index (χ4v) is 4.80. The normalized spacial score (nSPS) is 11.6. The van der Waals surface area contributed by atoms with Crippen LogP contribution in [0, 0.1) is 6.92 Å². The molecule has 27 heavy (non-hydrogen) atoms. The van der Waals surface area contributed by atoms with Crippen LogP contribution in [-0.4, -0.2) is 14.1 Å². The van der Waals surface area contributed by atoms with Gasteiger partial charge in [0.25, 0.3) is 5.56 Å². The summed E-state index contributed by atoms with van der Waals surface area (Å²) in [5.74, 6) is 0.236. The lowest BCUT2D eigenvalue weighted by Gasteiger charge is -2.15. The van der Waals surface area contributed by atoms with Crippen LogP contribution in [0.25, 0.3) is 31.6 Å². The highest BCUT2D eigenvalue weighted by Crippen LogP contribution is 2.42. The molecule has 3 aromatic heterocycles. The number of nitrogens with two attached hydrogens (primary N) is 2. The van der Waals surface area contributed by atoms with Gasteiger partial charge in [-0.1, -0.05) is 18.2 Å². The maximum Gasteiger partial charge on any atom is 0.332 e. The number of nitrogen functional groups attached to an aromatic ring is 1. The zero-order valence-corrected chi connectivity index (χ0v) is 16.1. The van der Waals surface area contributed by atoms with E-state index in [0.717, 1.165) is 25.1 Å². The van der Waals surface area contributed by atoms with E-state index < -0.39 is 11.2 Å². The van der Waals surface area contributed by atoms with Crippen molar-refractivity contribution in [1.29, 1.82) is 0 Å². The molecule has 4 N–H and O–H groups in total. The quantitative estimate of drug-likeness (QED) is 0.551. The van der Waals surface area contributed by atoms with Crippen LogP contribution in [0.3, 0.4) is 0 Å². The SMILES string of the molecule is Cc1c(-c2c(CN)c(N)nc3c2c(=O)n(C)c(=O)n3C)sc2ccccc12. The second-order valence-electron chi connectivity index (χ2n) is 6.51. The molecular formula is C19H19N5O2S. The molecule has 3 heterocycles. The maximum atomic E-state index is 13.0. The van der Waals surface area contributed by atoms with Gasteiger partial charge in [0, 0.05) is 41.3 Å². The van der Waals surface area contributed by atoms with Crippen molar-refractivity contribution in [2.45, 2.75) is 13.5 Å². The second-order valence-corrected chi connectivity index (χ2v) is 7.56. The average Bonchev–Trinajstić information content (AvgIpc) is 3.00. The molecule has 0 radical (unpaired) electrons. The number of aromatic nitrogens is 3. The fourth-order valence-electron chi connectivity index (χ4n) is 3.51. The van der Waals surface area contributed by atoms with E-state index in [1.54, 1.807) is 18.4 Å². The molecule has 0 aliphatic rings. The van der Waals surface area contributed by atoms with Crippen molar-refractivity contribution in [1.82, 2.24) is 14.1 Å². The number of hydrogen-bond donors (Lipinski definition) is 2. The van der Waals surface area contributed by atoms with Crippen molar-refractivity contribution in [2.75, 3.05) is 5.73 Å². The van der Waals surface area contributed by atoms with Gasteiger partial charge in [-0.2, -0.15) is 0 Å². The number of anilines is 1. The second kappa shape index (κ2) is 6.04. The number of aryl methyl sites for hydroxylation is 2. The standard InChI is InChI=1S/C19H19N5O2S/c1-9-10-6-4-5-7-12(10)27-15(9)13-11(8-20)16(21)22-17-14(13)18(25)24(3)19(26)23(17)2/h4-7H,8,20H2,1-3H3,(H2,21,22). The Bertz CT molecular complexity index is 1350. The van der Waals surface area contributed by atoms with E-state index in [9.17, 15) is 9.59 Å². The molecule has 1 aromatic carbocycles. The molecule has 0 unspecified atom stereocenters. The smallest absolute Gasteiger partial charge is 0.332 e. The molecule has 4 aromatic rings. The minimum absolute atomic E-state index is 0.143. The van der Waals surface area contributed by atoms with E-state index in [0.29, 0.717) is 16.5 Å². The molecule has 0 amide bonds. The zero-order chi connectivity index (χ0) is 19.5. The van der Waals surface area contributed by atoms with E-state index >= 15 is 0 Å². The first-order chi connectivity index (χ1) is 12.9. The van der Waals surface area contributed by atoms with Crippen LogP contribution in [0.15, 0.2) is 33.9 Å². The number of thiophene rings is 1. The Morgan fingerprint density at radius 1 is 1.15 bits per heavy atom. The first-order valence-electron chi connectivity index (χ1n) is 8.43. The minimum atomic E-state index is -0.445. The lowest BCUT2D eigenvalue weighted by molar-refractivity contribution is 0.708. The van der Waals surface area contributed by atoms with E-state index in [1.807, 2.05) is 31.2 Å². The van der Waals surface area contributed by atoms with Gasteiger partial charge >= 0.3 is 5.69 Å². The van der Waals surface area contributed by atoms with E-state index in [-0.39, 0.29) is 18.0 Å². The fraction of sp³-hybridized carbons (Fsp3) is 0.211. The zero-order valence-electron chi connectivity index (χ0n) is 15.2. The molecule has 0 bridgehead atoms. The predicted molar refractivity (Wildman–Crippen MR) is 110 cm³/mol. The largest absolute Gasteiger partial charge is 0.383 e. The Kier molecular flexibility index (Phi) is 3.90. The first-order valence-corrected chi connectivity index (χ1v) is 9.25. The van der Waals surface area contributed by atoms with Gasteiger partial charge < -0.3 is 11.5 Å².